The summed E-state index contributed by atoms with van der Waals surface area (Å²) < 4.78 is 5.58. The molecule has 4 aliphatic rings. The van der Waals surface area contributed by atoms with Gasteiger partial charge in [-0.25, -0.2) is 4.98 Å². The maximum absolute atomic E-state index is 12.8. The van der Waals surface area contributed by atoms with Gasteiger partial charge in [-0.3, -0.25) is 4.79 Å². The molecule has 6 nitrogen and oxygen atoms in total. The summed E-state index contributed by atoms with van der Waals surface area (Å²) in [6.07, 6.45) is 6.96. The number of hydrogen-bond acceptors (Lipinski definition) is 5. The zero-order valence-electron chi connectivity index (χ0n) is 14.4. The highest BCUT2D eigenvalue weighted by Crippen LogP contribution is 2.55. The van der Waals surface area contributed by atoms with Gasteiger partial charge in [-0.2, -0.15) is 4.98 Å². The standard InChI is InChI=1S/C18H24ClN3O3/c1-2-3-25-16-13(9-20-17(19)22-16)15(23)21-14-11-4-10-5-12(14)8-18(24,6-10)7-11/h9-12,14,24H,2-8H2,1H3,(H,21,23). The molecule has 7 heteroatoms. The summed E-state index contributed by atoms with van der Waals surface area (Å²) in [5, 5.41) is 13.9. The minimum atomic E-state index is -0.503. The topological polar surface area (TPSA) is 84.3 Å². The van der Waals surface area contributed by atoms with Gasteiger partial charge in [0.05, 0.1) is 12.2 Å². The molecule has 25 heavy (non-hydrogen) atoms. The SMILES string of the molecule is CCCOc1nc(Cl)ncc1C(=O)NC1C2CC3CC1CC(O)(C3)C2. The lowest BCUT2D eigenvalue weighted by Crippen LogP contribution is -2.61. The Bertz CT molecular complexity index is 668. The summed E-state index contributed by atoms with van der Waals surface area (Å²) in [4.78, 5) is 20.8. The smallest absolute Gasteiger partial charge is 0.258 e. The van der Waals surface area contributed by atoms with Gasteiger partial charge < -0.3 is 15.2 Å². The van der Waals surface area contributed by atoms with Crippen molar-refractivity contribution in [3.8, 4) is 5.88 Å². The molecule has 1 heterocycles. The van der Waals surface area contributed by atoms with E-state index >= 15 is 0 Å². The maximum Gasteiger partial charge on any atom is 0.258 e. The Balaban J connectivity index is 1.51. The van der Waals surface area contributed by atoms with Crippen molar-refractivity contribution in [3.63, 3.8) is 0 Å². The van der Waals surface area contributed by atoms with Crippen molar-refractivity contribution in [2.75, 3.05) is 6.61 Å². The molecular weight excluding hydrogens is 342 g/mol. The van der Waals surface area contributed by atoms with Crippen LogP contribution < -0.4 is 10.1 Å². The molecule has 2 unspecified atom stereocenters. The Labute approximate surface area is 152 Å². The normalized spacial score (nSPS) is 35.6. The molecule has 2 N–H and O–H groups in total. The molecule has 1 aromatic heterocycles. The number of nitrogens with one attached hydrogen (secondary N) is 1. The number of carbonyl (C=O) groups excluding carboxylic acids is 1. The Morgan fingerprint density at radius 3 is 2.76 bits per heavy atom. The van der Waals surface area contributed by atoms with E-state index in [4.69, 9.17) is 16.3 Å². The van der Waals surface area contributed by atoms with Crippen molar-refractivity contribution in [2.45, 2.75) is 57.1 Å². The van der Waals surface area contributed by atoms with E-state index in [1.165, 1.54) is 6.20 Å². The number of rotatable bonds is 5. The van der Waals surface area contributed by atoms with Crippen molar-refractivity contribution < 1.29 is 14.6 Å². The van der Waals surface area contributed by atoms with Gasteiger partial charge in [-0.1, -0.05) is 6.92 Å². The quantitative estimate of drug-likeness (QED) is 0.783. The molecule has 0 saturated heterocycles. The fourth-order valence-corrected chi connectivity index (χ4v) is 5.38. The first-order valence-electron chi connectivity index (χ1n) is 9.16. The lowest BCUT2D eigenvalue weighted by atomic mass is 9.52. The van der Waals surface area contributed by atoms with Gasteiger partial charge in [0.1, 0.15) is 5.56 Å². The average molecular weight is 366 g/mol. The van der Waals surface area contributed by atoms with E-state index in [2.05, 4.69) is 15.3 Å². The average Bonchev–Trinajstić information content (AvgIpc) is 2.54. The molecule has 1 amide bonds. The van der Waals surface area contributed by atoms with Crippen molar-refractivity contribution in [3.05, 3.63) is 17.0 Å². The molecule has 4 fully saturated rings. The highest BCUT2D eigenvalue weighted by Gasteiger charge is 2.55. The van der Waals surface area contributed by atoms with Gasteiger partial charge in [0, 0.05) is 12.2 Å². The van der Waals surface area contributed by atoms with Crippen LogP contribution in [0.1, 0.15) is 55.8 Å². The number of hydrogen-bond donors (Lipinski definition) is 2. The monoisotopic (exact) mass is 365 g/mol. The van der Waals surface area contributed by atoms with Gasteiger partial charge >= 0.3 is 0 Å². The number of halogens is 1. The van der Waals surface area contributed by atoms with Gasteiger partial charge in [0.25, 0.3) is 5.91 Å². The second-order valence-corrected chi connectivity index (χ2v) is 8.24. The van der Waals surface area contributed by atoms with Crippen molar-refractivity contribution in [1.29, 1.82) is 0 Å². The lowest BCUT2D eigenvalue weighted by molar-refractivity contribution is -0.136. The molecular formula is C18H24ClN3O3. The summed E-state index contributed by atoms with van der Waals surface area (Å²) in [5.41, 5.74) is -0.179. The molecule has 136 valence electrons. The van der Waals surface area contributed by atoms with E-state index in [1.807, 2.05) is 6.92 Å². The molecule has 4 aliphatic carbocycles. The summed E-state index contributed by atoms with van der Waals surface area (Å²) in [5.74, 6) is 1.34. The third-order valence-electron chi connectivity index (χ3n) is 5.95. The minimum absolute atomic E-state index is 0.0690. The molecule has 1 aromatic rings. The van der Waals surface area contributed by atoms with E-state index in [1.54, 1.807) is 0 Å². The minimum Gasteiger partial charge on any atom is -0.477 e. The summed E-state index contributed by atoms with van der Waals surface area (Å²) >= 11 is 5.84. The molecule has 0 spiro atoms. The Hall–Kier alpha value is -1.40. The van der Waals surface area contributed by atoms with Crippen LogP contribution in [0.2, 0.25) is 5.28 Å². The Morgan fingerprint density at radius 2 is 2.12 bits per heavy atom. The number of aromatic nitrogens is 2. The molecule has 4 saturated carbocycles. The van der Waals surface area contributed by atoms with Crippen LogP contribution >= 0.6 is 11.6 Å². The largest absolute Gasteiger partial charge is 0.477 e. The van der Waals surface area contributed by atoms with Gasteiger partial charge in [-0.05, 0) is 67.9 Å². The number of aliphatic hydroxyl groups is 1. The van der Waals surface area contributed by atoms with Crippen LogP contribution in [-0.4, -0.2) is 39.2 Å². The van der Waals surface area contributed by atoms with Crippen LogP contribution in [0.25, 0.3) is 0 Å². The van der Waals surface area contributed by atoms with Crippen LogP contribution in [0.15, 0.2) is 6.20 Å². The predicted octanol–water partition coefficient (Wildman–Crippen LogP) is 2.59. The molecule has 2 atom stereocenters. The fourth-order valence-electron chi connectivity index (χ4n) is 5.26. The summed E-state index contributed by atoms with van der Waals surface area (Å²) in [7, 11) is 0. The zero-order valence-corrected chi connectivity index (χ0v) is 15.1. The zero-order chi connectivity index (χ0) is 17.6. The van der Waals surface area contributed by atoms with Crippen LogP contribution in [0, 0.1) is 17.8 Å². The highest BCUT2D eigenvalue weighted by atomic mass is 35.5. The molecule has 4 bridgehead atoms. The van der Waals surface area contributed by atoms with Crippen molar-refractivity contribution in [2.24, 2.45) is 17.8 Å². The number of nitrogens with zero attached hydrogens (tertiary/aromatic N) is 2. The Kier molecular flexibility index (Phi) is 4.36. The summed E-state index contributed by atoms with van der Waals surface area (Å²) in [6.45, 7) is 2.46. The van der Waals surface area contributed by atoms with Crippen LogP contribution in [0.3, 0.4) is 0 Å². The fraction of sp³-hybridized carbons (Fsp3) is 0.722. The van der Waals surface area contributed by atoms with Gasteiger partial charge in [0.15, 0.2) is 0 Å². The number of amides is 1. The van der Waals surface area contributed by atoms with Crippen LogP contribution in [0.4, 0.5) is 0 Å². The van der Waals surface area contributed by atoms with E-state index in [0.29, 0.717) is 29.9 Å². The second kappa shape index (κ2) is 6.40. The summed E-state index contributed by atoms with van der Waals surface area (Å²) in [6, 6.07) is 0.110. The van der Waals surface area contributed by atoms with Crippen molar-refractivity contribution in [1.82, 2.24) is 15.3 Å². The Morgan fingerprint density at radius 1 is 1.40 bits per heavy atom. The van der Waals surface area contributed by atoms with E-state index in [9.17, 15) is 9.90 Å². The first-order chi connectivity index (χ1) is 12.0. The van der Waals surface area contributed by atoms with Crippen LogP contribution in [-0.2, 0) is 0 Å². The predicted molar refractivity (Wildman–Crippen MR) is 92.6 cm³/mol. The first kappa shape index (κ1) is 17.0. The van der Waals surface area contributed by atoms with Gasteiger partial charge in [0.2, 0.25) is 11.2 Å². The van der Waals surface area contributed by atoms with Crippen LogP contribution in [0.5, 0.6) is 5.88 Å². The molecule has 0 radical (unpaired) electrons. The first-order valence-corrected chi connectivity index (χ1v) is 9.54. The highest BCUT2D eigenvalue weighted by molar-refractivity contribution is 6.28. The lowest BCUT2D eigenvalue weighted by Gasteiger charge is -2.58. The third kappa shape index (κ3) is 3.22. The molecule has 0 aromatic carbocycles. The number of carbonyl (C=O) groups is 1. The second-order valence-electron chi connectivity index (χ2n) is 7.90. The van der Waals surface area contributed by atoms with E-state index in [0.717, 1.165) is 38.5 Å². The van der Waals surface area contributed by atoms with Crippen molar-refractivity contribution >= 4 is 17.5 Å². The third-order valence-corrected chi connectivity index (χ3v) is 6.13. The molecule has 0 aliphatic heterocycles. The maximum atomic E-state index is 12.8. The van der Waals surface area contributed by atoms with Gasteiger partial charge in [-0.15, -0.1) is 0 Å². The number of ether oxygens (including phenoxy) is 1. The van der Waals surface area contributed by atoms with E-state index in [-0.39, 0.29) is 23.1 Å². The molecule has 5 rings (SSSR count). The van der Waals surface area contributed by atoms with E-state index < -0.39 is 5.60 Å².